The van der Waals surface area contributed by atoms with Gasteiger partial charge in [0, 0.05) is 23.7 Å². The lowest BCUT2D eigenvalue weighted by Crippen LogP contribution is -2.21. The van der Waals surface area contributed by atoms with Crippen molar-refractivity contribution in [2.24, 2.45) is 0 Å². The molecule has 1 atom stereocenters. The van der Waals surface area contributed by atoms with Crippen LogP contribution in [0.25, 0.3) is 0 Å². The molecule has 4 rings (SSSR count). The average molecular weight is 508 g/mol. The summed E-state index contributed by atoms with van der Waals surface area (Å²) < 4.78 is 70.6. The summed E-state index contributed by atoms with van der Waals surface area (Å²) in [6, 6.07) is 11.3. The predicted octanol–water partition coefficient (Wildman–Crippen LogP) is 3.94. The van der Waals surface area contributed by atoms with Gasteiger partial charge in [-0.15, -0.1) is 11.6 Å². The topological polar surface area (TPSA) is 109 Å². The van der Waals surface area contributed by atoms with Crippen LogP contribution >= 0.6 is 11.6 Å². The minimum absolute atomic E-state index is 0.0117. The highest BCUT2D eigenvalue weighted by molar-refractivity contribution is 7.93. The van der Waals surface area contributed by atoms with Crippen LogP contribution < -0.4 is 4.72 Å². The Kier molecular flexibility index (Phi) is 5.99. The summed E-state index contributed by atoms with van der Waals surface area (Å²) in [5.41, 5.74) is 1.20. The van der Waals surface area contributed by atoms with Crippen molar-refractivity contribution >= 4 is 37.3 Å². The number of nitrogens with one attached hydrogen (secondary N) is 1. The van der Waals surface area contributed by atoms with Crippen LogP contribution in [0, 0.1) is 24.1 Å². The number of aromatic nitrogens is 1. The van der Waals surface area contributed by atoms with Crippen LogP contribution in [-0.2, 0) is 32.9 Å². The van der Waals surface area contributed by atoms with E-state index in [9.17, 15) is 21.2 Å². The van der Waals surface area contributed by atoms with Gasteiger partial charge in [0.05, 0.1) is 22.2 Å². The quantitative estimate of drug-likeness (QED) is 0.526. The first-order valence-electron chi connectivity index (χ1n) is 9.95. The number of aryl methyl sites for hydroxylation is 1. The van der Waals surface area contributed by atoms with Crippen LogP contribution in [0.1, 0.15) is 28.8 Å². The SMILES string of the molecule is Cc1ccc(S(=O)(=O)n2cc(S(=O)(=O)Nc3ccc(C#N)cc3F)c3c2CC(Cl)CC3)cc1. The van der Waals surface area contributed by atoms with Crippen LogP contribution in [0.4, 0.5) is 10.1 Å². The summed E-state index contributed by atoms with van der Waals surface area (Å²) in [5, 5.41) is 8.53. The fourth-order valence-corrected chi connectivity index (χ4v) is 6.87. The summed E-state index contributed by atoms with van der Waals surface area (Å²) in [6.07, 6.45) is 1.95. The smallest absolute Gasteiger partial charge is 0.267 e. The van der Waals surface area contributed by atoms with Crippen molar-refractivity contribution in [1.82, 2.24) is 3.97 Å². The first-order chi connectivity index (χ1) is 15.5. The third kappa shape index (κ3) is 4.36. The van der Waals surface area contributed by atoms with Gasteiger partial charge in [-0.2, -0.15) is 5.26 Å². The minimum atomic E-state index is -4.34. The highest BCUT2D eigenvalue weighted by atomic mass is 35.5. The van der Waals surface area contributed by atoms with E-state index in [2.05, 4.69) is 4.72 Å². The van der Waals surface area contributed by atoms with Crippen molar-refractivity contribution in [2.45, 2.75) is 41.4 Å². The van der Waals surface area contributed by atoms with Gasteiger partial charge in [0.2, 0.25) is 0 Å². The minimum Gasteiger partial charge on any atom is -0.277 e. The molecule has 1 aliphatic rings. The summed E-state index contributed by atoms with van der Waals surface area (Å²) in [5.74, 6) is -0.918. The largest absolute Gasteiger partial charge is 0.277 e. The second-order valence-corrected chi connectivity index (χ2v) is 11.9. The van der Waals surface area contributed by atoms with Crippen molar-refractivity contribution in [2.75, 3.05) is 4.72 Å². The highest BCUT2D eigenvalue weighted by Crippen LogP contribution is 2.35. The molecule has 0 radical (unpaired) electrons. The standard InChI is InChI=1S/C22H19ClFN3O4S2/c1-14-2-6-17(7-3-14)33(30,31)27-13-22(18-8-5-16(23)11-21(18)27)32(28,29)26-20-9-4-15(12-25)10-19(20)24/h2-4,6-7,9-10,13,16,26H,5,8,11H2,1H3. The maximum Gasteiger partial charge on any atom is 0.267 e. The number of sulfonamides is 1. The monoisotopic (exact) mass is 507 g/mol. The molecule has 3 aromatic rings. The number of anilines is 1. The first-order valence-corrected chi connectivity index (χ1v) is 13.3. The van der Waals surface area contributed by atoms with Crippen LogP contribution in [0.5, 0.6) is 0 Å². The average Bonchev–Trinajstić information content (AvgIpc) is 3.16. The van der Waals surface area contributed by atoms with Gasteiger partial charge < -0.3 is 0 Å². The molecule has 0 bridgehead atoms. The molecule has 0 saturated carbocycles. The van der Waals surface area contributed by atoms with Crippen molar-refractivity contribution < 1.29 is 21.2 Å². The number of halogens is 2. The highest BCUT2D eigenvalue weighted by Gasteiger charge is 2.34. The number of rotatable bonds is 5. The Balaban J connectivity index is 1.83. The second-order valence-electron chi connectivity index (χ2n) is 7.78. The van der Waals surface area contributed by atoms with Crippen molar-refractivity contribution in [3.8, 4) is 6.07 Å². The number of fused-ring (bicyclic) bond motifs is 1. The molecule has 1 aromatic heterocycles. The van der Waals surface area contributed by atoms with Gasteiger partial charge in [-0.1, -0.05) is 17.7 Å². The fraction of sp³-hybridized carbons (Fsp3) is 0.227. The Labute approximate surface area is 196 Å². The van der Waals surface area contributed by atoms with Gasteiger partial charge >= 0.3 is 0 Å². The Hall–Kier alpha value is -2.87. The number of hydrogen-bond donors (Lipinski definition) is 1. The molecule has 1 unspecified atom stereocenters. The molecule has 33 heavy (non-hydrogen) atoms. The zero-order valence-corrected chi connectivity index (χ0v) is 19.8. The van der Waals surface area contributed by atoms with Gasteiger partial charge in [-0.05, 0) is 55.7 Å². The van der Waals surface area contributed by atoms with Gasteiger partial charge in [0.25, 0.3) is 20.0 Å². The van der Waals surface area contributed by atoms with E-state index in [4.69, 9.17) is 16.9 Å². The molecule has 0 fully saturated rings. The number of benzene rings is 2. The molecule has 0 aliphatic heterocycles. The van der Waals surface area contributed by atoms with Crippen LogP contribution in [0.3, 0.4) is 0 Å². The maximum atomic E-state index is 14.3. The van der Waals surface area contributed by atoms with Crippen molar-refractivity contribution in [3.63, 3.8) is 0 Å². The van der Waals surface area contributed by atoms with Gasteiger partial charge in [0.1, 0.15) is 10.7 Å². The molecular weight excluding hydrogens is 489 g/mol. The Bertz CT molecular complexity index is 1490. The normalized spacial score (nSPS) is 16.1. The molecule has 0 saturated heterocycles. The molecule has 1 heterocycles. The first kappa shape index (κ1) is 23.3. The van der Waals surface area contributed by atoms with E-state index in [0.29, 0.717) is 17.7 Å². The van der Waals surface area contributed by atoms with E-state index in [0.717, 1.165) is 27.9 Å². The van der Waals surface area contributed by atoms with E-state index in [1.54, 1.807) is 18.2 Å². The third-order valence-corrected chi connectivity index (χ3v) is 8.98. The maximum absolute atomic E-state index is 14.3. The Morgan fingerprint density at radius 2 is 1.85 bits per heavy atom. The number of nitrogens with zero attached hydrogens (tertiary/aromatic N) is 2. The zero-order valence-electron chi connectivity index (χ0n) is 17.4. The van der Waals surface area contributed by atoms with Crippen LogP contribution in [-0.4, -0.2) is 26.2 Å². The molecule has 1 N–H and O–H groups in total. The van der Waals surface area contributed by atoms with E-state index in [1.165, 1.54) is 18.2 Å². The zero-order chi connectivity index (χ0) is 24.0. The van der Waals surface area contributed by atoms with Crippen LogP contribution in [0.15, 0.2) is 58.5 Å². The molecule has 2 aromatic carbocycles. The van der Waals surface area contributed by atoms with Crippen LogP contribution in [0.2, 0.25) is 0 Å². The van der Waals surface area contributed by atoms with Gasteiger partial charge in [-0.25, -0.2) is 25.2 Å². The van der Waals surface area contributed by atoms with Crippen molar-refractivity contribution in [1.29, 1.82) is 5.26 Å². The molecule has 11 heteroatoms. The summed E-state index contributed by atoms with van der Waals surface area (Å²) in [4.78, 5) is -0.238. The lowest BCUT2D eigenvalue weighted by molar-refractivity contribution is 0.581. The van der Waals surface area contributed by atoms with Gasteiger partial charge in [0.15, 0.2) is 0 Å². The lowest BCUT2D eigenvalue weighted by Gasteiger charge is -2.20. The predicted molar refractivity (Wildman–Crippen MR) is 122 cm³/mol. The molecule has 7 nitrogen and oxygen atoms in total. The third-order valence-electron chi connectivity index (χ3n) is 5.48. The number of alkyl halides is 1. The summed E-state index contributed by atoms with van der Waals surface area (Å²) in [6.45, 7) is 1.82. The van der Waals surface area contributed by atoms with E-state index >= 15 is 0 Å². The summed E-state index contributed by atoms with van der Waals surface area (Å²) in [7, 11) is -8.44. The Morgan fingerprint density at radius 1 is 1.15 bits per heavy atom. The second kappa shape index (κ2) is 8.48. The van der Waals surface area contributed by atoms with Gasteiger partial charge in [-0.3, -0.25) is 4.72 Å². The molecule has 1 aliphatic carbocycles. The molecule has 0 amide bonds. The lowest BCUT2D eigenvalue weighted by atomic mass is 9.98. The molecular formula is C22H19ClFN3O4S2. The van der Waals surface area contributed by atoms with Crippen molar-refractivity contribution in [3.05, 3.63) is 76.9 Å². The van der Waals surface area contributed by atoms with E-state index in [1.807, 2.05) is 6.92 Å². The number of nitriles is 1. The molecule has 0 spiro atoms. The Morgan fingerprint density at radius 3 is 2.48 bits per heavy atom. The van der Waals surface area contributed by atoms with E-state index < -0.39 is 25.9 Å². The molecule has 172 valence electrons. The number of hydrogen-bond acceptors (Lipinski definition) is 5. The summed E-state index contributed by atoms with van der Waals surface area (Å²) >= 11 is 6.29. The van der Waals surface area contributed by atoms with E-state index in [-0.39, 0.29) is 39.3 Å². The fourth-order valence-electron chi connectivity index (χ4n) is 3.77.